The number of nitrogens with one attached hydrogen (secondary N) is 1. The molecule has 1 aliphatic heterocycles. The van der Waals surface area contributed by atoms with Crippen LogP contribution in [0, 0.1) is 5.92 Å². The van der Waals surface area contributed by atoms with Crippen LogP contribution in [0.3, 0.4) is 0 Å². The SMILES string of the molecule is CNS(=O)(=O)c1ccc(N2CCC(C)C(O)C2)c(N)c1. The van der Waals surface area contributed by atoms with E-state index >= 15 is 0 Å². The molecule has 7 heteroatoms. The molecule has 0 aliphatic carbocycles. The second-order valence-electron chi connectivity index (χ2n) is 5.21. The maximum atomic E-state index is 11.7. The number of benzene rings is 1. The minimum atomic E-state index is -3.49. The Morgan fingerprint density at radius 3 is 2.70 bits per heavy atom. The normalized spacial score (nSPS) is 23.9. The highest BCUT2D eigenvalue weighted by Crippen LogP contribution is 2.29. The zero-order valence-corrected chi connectivity index (χ0v) is 12.5. The van der Waals surface area contributed by atoms with E-state index in [-0.39, 0.29) is 16.9 Å². The van der Waals surface area contributed by atoms with Crippen molar-refractivity contribution in [2.75, 3.05) is 30.8 Å². The van der Waals surface area contributed by atoms with Crippen LogP contribution >= 0.6 is 0 Å². The Labute approximate surface area is 119 Å². The molecule has 20 heavy (non-hydrogen) atoms. The lowest BCUT2D eigenvalue weighted by atomic mass is 9.95. The van der Waals surface area contributed by atoms with Crippen LogP contribution in [0.4, 0.5) is 11.4 Å². The molecule has 2 atom stereocenters. The molecule has 1 heterocycles. The van der Waals surface area contributed by atoms with E-state index in [4.69, 9.17) is 5.73 Å². The number of hydrogen-bond acceptors (Lipinski definition) is 5. The van der Waals surface area contributed by atoms with Crippen LogP contribution in [-0.4, -0.2) is 39.8 Å². The average molecular weight is 299 g/mol. The van der Waals surface area contributed by atoms with Crippen LogP contribution in [0.25, 0.3) is 0 Å². The van der Waals surface area contributed by atoms with Gasteiger partial charge in [0.15, 0.2) is 0 Å². The average Bonchev–Trinajstić information content (AvgIpc) is 2.42. The Balaban J connectivity index is 2.27. The number of hydrogen-bond donors (Lipinski definition) is 3. The summed E-state index contributed by atoms with van der Waals surface area (Å²) in [6, 6.07) is 4.68. The number of sulfonamides is 1. The molecule has 1 saturated heterocycles. The highest BCUT2D eigenvalue weighted by atomic mass is 32.2. The van der Waals surface area contributed by atoms with Crippen LogP contribution in [0.1, 0.15) is 13.3 Å². The number of nitrogens with zero attached hydrogens (tertiary/aromatic N) is 1. The van der Waals surface area contributed by atoms with Gasteiger partial charge in [-0.1, -0.05) is 6.92 Å². The van der Waals surface area contributed by atoms with Gasteiger partial charge in [0.25, 0.3) is 0 Å². The van der Waals surface area contributed by atoms with E-state index in [9.17, 15) is 13.5 Å². The smallest absolute Gasteiger partial charge is 0.240 e. The molecule has 0 bridgehead atoms. The monoisotopic (exact) mass is 299 g/mol. The van der Waals surface area contributed by atoms with Crippen LogP contribution in [0.15, 0.2) is 23.1 Å². The third-order valence-corrected chi connectivity index (χ3v) is 5.25. The number of anilines is 2. The molecular weight excluding hydrogens is 278 g/mol. The number of aliphatic hydroxyl groups excluding tert-OH is 1. The first-order chi connectivity index (χ1) is 9.35. The predicted octanol–water partition coefficient (Wildman–Crippen LogP) is 0.384. The van der Waals surface area contributed by atoms with E-state index in [2.05, 4.69) is 4.72 Å². The maximum Gasteiger partial charge on any atom is 0.240 e. The fourth-order valence-corrected chi connectivity index (χ4v) is 3.14. The first-order valence-corrected chi connectivity index (χ1v) is 8.09. The summed E-state index contributed by atoms with van der Waals surface area (Å²) in [5.74, 6) is 0.274. The fraction of sp³-hybridized carbons (Fsp3) is 0.538. The van der Waals surface area contributed by atoms with Crippen LogP contribution < -0.4 is 15.4 Å². The van der Waals surface area contributed by atoms with E-state index in [0.29, 0.717) is 12.2 Å². The van der Waals surface area contributed by atoms with Gasteiger partial charge in [-0.15, -0.1) is 0 Å². The topological polar surface area (TPSA) is 95.7 Å². The third kappa shape index (κ3) is 2.89. The Kier molecular flexibility index (Phi) is 4.22. The summed E-state index contributed by atoms with van der Waals surface area (Å²) >= 11 is 0. The zero-order chi connectivity index (χ0) is 14.9. The van der Waals surface area contributed by atoms with Crippen molar-refractivity contribution < 1.29 is 13.5 Å². The molecule has 0 amide bonds. The van der Waals surface area contributed by atoms with E-state index < -0.39 is 10.0 Å². The van der Waals surface area contributed by atoms with Crippen molar-refractivity contribution in [1.82, 2.24) is 4.72 Å². The first kappa shape index (κ1) is 15.1. The highest BCUT2D eigenvalue weighted by molar-refractivity contribution is 7.89. The van der Waals surface area contributed by atoms with Gasteiger partial charge in [-0.05, 0) is 37.6 Å². The van der Waals surface area contributed by atoms with Crippen molar-refractivity contribution in [3.8, 4) is 0 Å². The molecule has 1 aromatic carbocycles. The standard InChI is InChI=1S/C13H21N3O3S/c1-9-5-6-16(8-13(9)17)12-4-3-10(7-11(12)14)20(18,19)15-2/h3-4,7,9,13,15,17H,5-6,8,14H2,1-2H3. The van der Waals surface area contributed by atoms with Crippen LogP contribution in [0.2, 0.25) is 0 Å². The Morgan fingerprint density at radius 2 is 2.15 bits per heavy atom. The molecule has 6 nitrogen and oxygen atoms in total. The molecular formula is C13H21N3O3S. The molecule has 0 aromatic heterocycles. The second kappa shape index (κ2) is 5.59. The molecule has 1 fully saturated rings. The van der Waals surface area contributed by atoms with Gasteiger partial charge in [0.05, 0.1) is 22.4 Å². The van der Waals surface area contributed by atoms with Crippen molar-refractivity contribution in [2.45, 2.75) is 24.3 Å². The summed E-state index contributed by atoms with van der Waals surface area (Å²) in [5.41, 5.74) is 7.14. The summed E-state index contributed by atoms with van der Waals surface area (Å²) in [6.45, 7) is 3.35. The summed E-state index contributed by atoms with van der Waals surface area (Å²) < 4.78 is 25.7. The lowest BCUT2D eigenvalue weighted by Crippen LogP contribution is -2.43. The number of β-amino-alcohol motifs (C(OH)–C–C–N with tert-alkyl or cyclic N) is 1. The molecule has 4 N–H and O–H groups in total. The molecule has 112 valence electrons. The summed E-state index contributed by atoms with van der Waals surface area (Å²) in [7, 11) is -2.12. The predicted molar refractivity (Wildman–Crippen MR) is 79.1 cm³/mol. The van der Waals surface area contributed by atoms with E-state index in [1.165, 1.54) is 19.2 Å². The van der Waals surface area contributed by atoms with E-state index in [0.717, 1.165) is 18.7 Å². The Morgan fingerprint density at radius 1 is 1.45 bits per heavy atom. The van der Waals surface area contributed by atoms with Gasteiger partial charge >= 0.3 is 0 Å². The van der Waals surface area contributed by atoms with Gasteiger partial charge in [-0.2, -0.15) is 0 Å². The van der Waals surface area contributed by atoms with Crippen LogP contribution in [-0.2, 0) is 10.0 Å². The molecule has 0 spiro atoms. The lowest BCUT2D eigenvalue weighted by molar-refractivity contribution is 0.103. The van der Waals surface area contributed by atoms with Gasteiger partial charge < -0.3 is 15.7 Å². The minimum Gasteiger partial charge on any atom is -0.397 e. The van der Waals surface area contributed by atoms with Gasteiger partial charge in [0.2, 0.25) is 10.0 Å². The van der Waals surface area contributed by atoms with Gasteiger partial charge in [0, 0.05) is 13.1 Å². The third-order valence-electron chi connectivity index (χ3n) is 3.84. The zero-order valence-electron chi connectivity index (χ0n) is 11.7. The van der Waals surface area contributed by atoms with Crippen LogP contribution in [0.5, 0.6) is 0 Å². The molecule has 1 aliphatic rings. The molecule has 0 saturated carbocycles. The van der Waals surface area contributed by atoms with E-state index in [1.54, 1.807) is 6.07 Å². The molecule has 2 unspecified atom stereocenters. The number of piperidine rings is 1. The van der Waals surface area contributed by atoms with Gasteiger partial charge in [-0.25, -0.2) is 13.1 Å². The minimum absolute atomic E-state index is 0.146. The largest absolute Gasteiger partial charge is 0.397 e. The number of aliphatic hydroxyl groups is 1. The lowest BCUT2D eigenvalue weighted by Gasteiger charge is -2.36. The quantitative estimate of drug-likeness (QED) is 0.702. The Bertz CT molecular complexity index is 589. The van der Waals surface area contributed by atoms with Gasteiger partial charge in [0.1, 0.15) is 0 Å². The molecule has 2 rings (SSSR count). The van der Waals surface area contributed by atoms with Crippen molar-refractivity contribution in [2.24, 2.45) is 5.92 Å². The highest BCUT2D eigenvalue weighted by Gasteiger charge is 2.25. The van der Waals surface area contributed by atoms with Crippen molar-refractivity contribution in [1.29, 1.82) is 0 Å². The number of rotatable bonds is 3. The Hall–Kier alpha value is -1.31. The summed E-state index contributed by atoms with van der Waals surface area (Å²) in [6.07, 6.45) is 0.501. The van der Waals surface area contributed by atoms with E-state index in [1.807, 2.05) is 11.8 Å². The molecule has 0 radical (unpaired) electrons. The second-order valence-corrected chi connectivity index (χ2v) is 7.09. The fourth-order valence-electron chi connectivity index (χ4n) is 2.37. The molecule has 1 aromatic rings. The van der Waals surface area contributed by atoms with Crippen molar-refractivity contribution in [3.05, 3.63) is 18.2 Å². The summed E-state index contributed by atoms with van der Waals surface area (Å²) in [4.78, 5) is 2.14. The first-order valence-electron chi connectivity index (χ1n) is 6.61. The van der Waals surface area contributed by atoms with Crippen molar-refractivity contribution >= 4 is 21.4 Å². The van der Waals surface area contributed by atoms with Crippen molar-refractivity contribution in [3.63, 3.8) is 0 Å². The number of nitrogen functional groups attached to an aromatic ring is 1. The maximum absolute atomic E-state index is 11.7. The van der Waals surface area contributed by atoms with Gasteiger partial charge in [-0.3, -0.25) is 0 Å². The number of nitrogens with two attached hydrogens (primary N) is 1. The summed E-state index contributed by atoms with van der Waals surface area (Å²) in [5, 5.41) is 9.93.